The topological polar surface area (TPSA) is 70.6 Å². The van der Waals surface area contributed by atoms with E-state index in [-0.39, 0.29) is 5.96 Å². The molecule has 13 heavy (non-hydrogen) atoms. The van der Waals surface area contributed by atoms with Gasteiger partial charge in [0.25, 0.3) is 5.92 Å². The standard InChI is InChI=1S/C7H13F2N3O/c8-7(9,4-13)3-11-6(10)12-5-1-2-5/h5,13H,1-4H2,(H3,10,11,12). The molecular weight excluding hydrogens is 180 g/mol. The second kappa shape index (κ2) is 3.87. The highest BCUT2D eigenvalue weighted by Crippen LogP contribution is 2.18. The molecule has 0 radical (unpaired) electrons. The molecule has 1 aliphatic rings. The van der Waals surface area contributed by atoms with Crippen molar-refractivity contribution in [2.75, 3.05) is 13.2 Å². The molecule has 0 heterocycles. The summed E-state index contributed by atoms with van der Waals surface area (Å²) in [4.78, 5) is 3.42. The number of aliphatic hydroxyl groups is 1. The van der Waals surface area contributed by atoms with Crippen LogP contribution < -0.4 is 11.1 Å². The summed E-state index contributed by atoms with van der Waals surface area (Å²) in [6, 6.07) is 0.298. The zero-order chi connectivity index (χ0) is 9.90. The molecule has 0 aromatic carbocycles. The number of nitrogens with two attached hydrogens (primary N) is 1. The largest absolute Gasteiger partial charge is 0.390 e. The van der Waals surface area contributed by atoms with Gasteiger partial charge in [-0.1, -0.05) is 0 Å². The fraction of sp³-hybridized carbons (Fsp3) is 0.857. The first-order chi connectivity index (χ1) is 6.03. The molecule has 0 bridgehead atoms. The molecule has 1 aliphatic carbocycles. The molecular formula is C7H13F2N3O. The van der Waals surface area contributed by atoms with Gasteiger partial charge in [-0.25, -0.2) is 13.8 Å². The van der Waals surface area contributed by atoms with E-state index in [0.29, 0.717) is 6.04 Å². The Morgan fingerprint density at radius 3 is 2.69 bits per heavy atom. The summed E-state index contributed by atoms with van der Waals surface area (Å²) in [5, 5.41) is 11.0. The quantitative estimate of drug-likeness (QED) is 0.423. The van der Waals surface area contributed by atoms with Crippen molar-refractivity contribution in [2.24, 2.45) is 10.7 Å². The van der Waals surface area contributed by atoms with Crippen molar-refractivity contribution >= 4 is 5.96 Å². The second-order valence-electron chi connectivity index (χ2n) is 3.13. The molecule has 6 heteroatoms. The van der Waals surface area contributed by atoms with Gasteiger partial charge in [-0.15, -0.1) is 0 Å². The molecule has 4 N–H and O–H groups in total. The van der Waals surface area contributed by atoms with E-state index >= 15 is 0 Å². The third kappa shape index (κ3) is 4.02. The first-order valence-corrected chi connectivity index (χ1v) is 4.08. The first-order valence-electron chi connectivity index (χ1n) is 4.08. The summed E-state index contributed by atoms with van der Waals surface area (Å²) >= 11 is 0. The van der Waals surface area contributed by atoms with Gasteiger partial charge in [0.05, 0.1) is 0 Å². The summed E-state index contributed by atoms with van der Waals surface area (Å²) in [6.45, 7) is -1.97. The first kappa shape index (κ1) is 10.2. The predicted molar refractivity (Wildman–Crippen MR) is 44.7 cm³/mol. The number of nitrogens with zero attached hydrogens (tertiary/aromatic N) is 1. The van der Waals surface area contributed by atoms with Gasteiger partial charge in [-0.3, -0.25) is 0 Å². The van der Waals surface area contributed by atoms with Gasteiger partial charge in [0.2, 0.25) is 0 Å². The van der Waals surface area contributed by atoms with Crippen LogP contribution >= 0.6 is 0 Å². The maximum Gasteiger partial charge on any atom is 0.289 e. The Balaban J connectivity index is 2.27. The summed E-state index contributed by atoms with van der Waals surface area (Å²) in [6.07, 6.45) is 2.01. The van der Waals surface area contributed by atoms with E-state index in [4.69, 9.17) is 10.8 Å². The molecule has 0 unspecified atom stereocenters. The van der Waals surface area contributed by atoms with Gasteiger partial charge in [0.1, 0.15) is 13.2 Å². The van der Waals surface area contributed by atoms with E-state index in [2.05, 4.69) is 10.3 Å². The van der Waals surface area contributed by atoms with Gasteiger partial charge >= 0.3 is 0 Å². The summed E-state index contributed by atoms with van der Waals surface area (Å²) in [7, 11) is 0. The van der Waals surface area contributed by atoms with Crippen LogP contribution in [0.15, 0.2) is 4.99 Å². The predicted octanol–water partition coefficient (Wildman–Crippen LogP) is -0.319. The molecule has 0 spiro atoms. The van der Waals surface area contributed by atoms with Crippen LogP contribution in [0.25, 0.3) is 0 Å². The number of nitrogens with one attached hydrogen (secondary N) is 1. The van der Waals surface area contributed by atoms with Crippen LogP contribution in [-0.2, 0) is 0 Å². The Kier molecular flexibility index (Phi) is 3.02. The molecule has 1 rings (SSSR count). The van der Waals surface area contributed by atoms with Crippen LogP contribution in [0.2, 0.25) is 0 Å². The highest BCUT2D eigenvalue weighted by molar-refractivity contribution is 5.78. The maximum atomic E-state index is 12.4. The SMILES string of the molecule is NC(=NCC(F)(F)CO)NC1CC1. The molecule has 76 valence electrons. The fourth-order valence-corrected chi connectivity index (χ4v) is 0.733. The molecule has 0 atom stereocenters. The minimum absolute atomic E-state index is 0.0237. The number of hydrogen-bond donors (Lipinski definition) is 3. The second-order valence-corrected chi connectivity index (χ2v) is 3.13. The molecule has 1 saturated carbocycles. The number of halogens is 2. The van der Waals surface area contributed by atoms with Crippen molar-refractivity contribution in [3.05, 3.63) is 0 Å². The lowest BCUT2D eigenvalue weighted by Gasteiger charge is -2.10. The van der Waals surface area contributed by atoms with Crippen LogP contribution in [0.5, 0.6) is 0 Å². The van der Waals surface area contributed by atoms with Gasteiger partial charge in [0, 0.05) is 6.04 Å². The Bertz CT molecular complexity index is 204. The minimum Gasteiger partial charge on any atom is -0.390 e. The van der Waals surface area contributed by atoms with E-state index in [1.807, 2.05) is 0 Å². The monoisotopic (exact) mass is 193 g/mol. The number of alkyl halides is 2. The van der Waals surface area contributed by atoms with Gasteiger partial charge in [0.15, 0.2) is 5.96 Å². The van der Waals surface area contributed by atoms with Crippen LogP contribution in [0.4, 0.5) is 8.78 Å². The zero-order valence-electron chi connectivity index (χ0n) is 7.13. The van der Waals surface area contributed by atoms with Gasteiger partial charge < -0.3 is 16.2 Å². The Morgan fingerprint density at radius 2 is 2.23 bits per heavy atom. The van der Waals surface area contributed by atoms with Crippen molar-refractivity contribution in [1.29, 1.82) is 0 Å². The van der Waals surface area contributed by atoms with E-state index < -0.39 is 19.1 Å². The molecule has 1 fully saturated rings. The van der Waals surface area contributed by atoms with Crippen molar-refractivity contribution in [3.63, 3.8) is 0 Å². The van der Waals surface area contributed by atoms with Crippen molar-refractivity contribution in [3.8, 4) is 0 Å². The highest BCUT2D eigenvalue weighted by Gasteiger charge is 2.27. The number of guanidine groups is 1. The lowest BCUT2D eigenvalue weighted by molar-refractivity contribution is -0.0404. The van der Waals surface area contributed by atoms with Gasteiger partial charge in [-0.2, -0.15) is 0 Å². The summed E-state index contributed by atoms with van der Waals surface area (Å²) < 4.78 is 24.9. The van der Waals surface area contributed by atoms with E-state index in [1.54, 1.807) is 0 Å². The average molecular weight is 193 g/mol. The van der Waals surface area contributed by atoms with Crippen LogP contribution in [0.1, 0.15) is 12.8 Å². The molecule has 0 aromatic rings. The van der Waals surface area contributed by atoms with Crippen LogP contribution in [0.3, 0.4) is 0 Å². The molecule has 4 nitrogen and oxygen atoms in total. The van der Waals surface area contributed by atoms with Gasteiger partial charge in [-0.05, 0) is 12.8 Å². The summed E-state index contributed by atoms with van der Waals surface area (Å²) in [5.74, 6) is -3.15. The van der Waals surface area contributed by atoms with E-state index in [0.717, 1.165) is 12.8 Å². The molecule has 0 aliphatic heterocycles. The van der Waals surface area contributed by atoms with E-state index in [1.165, 1.54) is 0 Å². The van der Waals surface area contributed by atoms with Crippen LogP contribution in [-0.4, -0.2) is 36.2 Å². The molecule has 0 amide bonds. The Hall–Kier alpha value is -0.910. The third-order valence-electron chi connectivity index (χ3n) is 1.64. The number of rotatable bonds is 4. The highest BCUT2D eigenvalue weighted by atomic mass is 19.3. The third-order valence-corrected chi connectivity index (χ3v) is 1.64. The number of aliphatic imine (C=N–C) groups is 1. The molecule has 0 saturated heterocycles. The maximum absolute atomic E-state index is 12.4. The number of aliphatic hydroxyl groups excluding tert-OH is 1. The average Bonchev–Trinajstić information content (AvgIpc) is 2.85. The number of hydrogen-bond acceptors (Lipinski definition) is 2. The van der Waals surface area contributed by atoms with Crippen molar-refractivity contribution < 1.29 is 13.9 Å². The molecule has 0 aromatic heterocycles. The van der Waals surface area contributed by atoms with Crippen molar-refractivity contribution in [1.82, 2.24) is 5.32 Å². The minimum atomic E-state index is -3.17. The smallest absolute Gasteiger partial charge is 0.289 e. The lowest BCUT2D eigenvalue weighted by atomic mass is 10.4. The van der Waals surface area contributed by atoms with E-state index in [9.17, 15) is 8.78 Å². The van der Waals surface area contributed by atoms with Crippen LogP contribution in [0, 0.1) is 0 Å². The van der Waals surface area contributed by atoms with Crippen molar-refractivity contribution in [2.45, 2.75) is 24.8 Å². The Morgan fingerprint density at radius 1 is 1.62 bits per heavy atom. The summed E-state index contributed by atoms with van der Waals surface area (Å²) in [5.41, 5.74) is 5.30. The Labute approximate surface area is 74.8 Å². The lowest BCUT2D eigenvalue weighted by Crippen LogP contribution is -2.35. The zero-order valence-corrected chi connectivity index (χ0v) is 7.13. The fourth-order valence-electron chi connectivity index (χ4n) is 0.733. The normalized spacial score (nSPS) is 18.8.